The van der Waals surface area contributed by atoms with E-state index in [4.69, 9.17) is 0 Å². The van der Waals surface area contributed by atoms with Crippen molar-refractivity contribution < 1.29 is 39.9 Å². The van der Waals surface area contributed by atoms with E-state index >= 15 is 4.39 Å². The smallest absolute Gasteiger partial charge is 0.362 e. The topological polar surface area (TPSA) is 68.5 Å². The van der Waals surface area contributed by atoms with Gasteiger partial charge in [-0.25, -0.2) is 13.8 Å². The van der Waals surface area contributed by atoms with Gasteiger partial charge in [-0.15, -0.1) is 0 Å². The number of nitriles is 1. The summed E-state index contributed by atoms with van der Waals surface area (Å²) in [6, 6.07) is 6.21. The van der Waals surface area contributed by atoms with Gasteiger partial charge >= 0.3 is 18.0 Å². The molecule has 5 nitrogen and oxygen atoms in total. The molecule has 0 aromatic heterocycles. The van der Waals surface area contributed by atoms with Crippen molar-refractivity contribution in [1.29, 1.82) is 5.26 Å². The van der Waals surface area contributed by atoms with Gasteiger partial charge in [0.1, 0.15) is 11.8 Å². The van der Waals surface area contributed by atoms with E-state index in [-0.39, 0.29) is 41.7 Å². The molecule has 2 aromatic rings. The quantitative estimate of drug-likeness (QED) is 0.212. The Kier molecular flexibility index (Phi) is 9.35. The Morgan fingerprint density at radius 3 is 2.17 bits per heavy atom. The number of rotatable bonds is 9. The average Bonchev–Trinajstić information content (AvgIpc) is 3.67. The molecule has 1 fully saturated rings. The van der Waals surface area contributed by atoms with Crippen LogP contribution < -0.4 is 10.2 Å². The molecule has 0 aliphatic heterocycles. The molecule has 40 heavy (non-hydrogen) atoms. The maximum absolute atomic E-state index is 15.6. The molecule has 1 N–H and O–H groups in total. The lowest BCUT2D eigenvalue weighted by molar-refractivity contribution is -0.348. The van der Waals surface area contributed by atoms with Crippen LogP contribution in [0.3, 0.4) is 0 Å². The van der Waals surface area contributed by atoms with Crippen LogP contribution >= 0.6 is 31.9 Å². The molecular weight excluding hydrogens is 684 g/mol. The first-order chi connectivity index (χ1) is 18.5. The van der Waals surface area contributed by atoms with Gasteiger partial charge in [-0.3, -0.25) is 4.79 Å². The van der Waals surface area contributed by atoms with E-state index in [1.54, 1.807) is 0 Å². The Bertz CT molecular complexity index is 1340. The van der Waals surface area contributed by atoms with Crippen LogP contribution in [0.5, 0.6) is 0 Å². The van der Waals surface area contributed by atoms with Crippen LogP contribution in [0.25, 0.3) is 0 Å². The second-order valence-corrected chi connectivity index (χ2v) is 10.5. The normalized spacial score (nSPS) is 14.5. The number of benzene rings is 2. The van der Waals surface area contributed by atoms with Gasteiger partial charge in [0, 0.05) is 27.3 Å². The summed E-state index contributed by atoms with van der Waals surface area (Å²) in [4.78, 5) is 18.4. The Morgan fingerprint density at radius 1 is 1.12 bits per heavy atom. The lowest BCUT2D eigenvalue weighted by Crippen LogP contribution is -2.50. The summed E-state index contributed by atoms with van der Waals surface area (Å²) in [6.45, 7) is 3.71. The highest BCUT2D eigenvalue weighted by Gasteiger charge is 2.73. The number of alkyl halides is 7. The third kappa shape index (κ3) is 6.49. The molecule has 214 valence electrons. The minimum atomic E-state index is -6.34. The molecule has 1 saturated carbocycles. The molecule has 3 rings (SSSR count). The maximum Gasteiger partial charge on any atom is 0.435 e. The van der Waals surface area contributed by atoms with Crippen LogP contribution in [0.4, 0.5) is 46.5 Å². The average molecular weight is 702 g/mol. The summed E-state index contributed by atoms with van der Waals surface area (Å²) in [5.41, 5.74) is -8.36. The Hall–Kier alpha value is -2.99. The number of aliphatic imine (C=N–C) groups is 1. The summed E-state index contributed by atoms with van der Waals surface area (Å²) < 4.78 is 108. The van der Waals surface area contributed by atoms with Crippen LogP contribution in [0.2, 0.25) is 0 Å². The number of nitrogens with zero attached hydrogens (tertiary/aromatic N) is 3. The summed E-state index contributed by atoms with van der Waals surface area (Å²) >= 11 is 5.53. The molecule has 0 unspecified atom stereocenters. The first-order valence-electron chi connectivity index (χ1n) is 11.3. The molecule has 0 atom stereocenters. The van der Waals surface area contributed by atoms with Gasteiger partial charge in [0.15, 0.2) is 5.82 Å². The molecule has 0 bridgehead atoms. The fourth-order valence-corrected chi connectivity index (χ4v) is 5.14. The van der Waals surface area contributed by atoms with E-state index in [0.717, 1.165) is 25.1 Å². The second-order valence-electron chi connectivity index (χ2n) is 8.76. The van der Waals surface area contributed by atoms with Crippen LogP contribution in [0, 0.1) is 23.1 Å². The Labute approximate surface area is 239 Å². The van der Waals surface area contributed by atoms with E-state index in [1.165, 1.54) is 17.0 Å². The van der Waals surface area contributed by atoms with Crippen molar-refractivity contribution in [2.75, 3.05) is 23.3 Å². The van der Waals surface area contributed by atoms with Crippen molar-refractivity contribution in [1.82, 2.24) is 0 Å². The van der Waals surface area contributed by atoms with Crippen molar-refractivity contribution in [2.45, 2.75) is 30.9 Å². The molecule has 0 radical (unpaired) electrons. The van der Waals surface area contributed by atoms with Crippen molar-refractivity contribution in [3.63, 3.8) is 0 Å². The lowest BCUT2D eigenvalue weighted by atomic mass is 9.94. The van der Waals surface area contributed by atoms with Gasteiger partial charge < -0.3 is 10.2 Å². The van der Waals surface area contributed by atoms with E-state index in [0.29, 0.717) is 6.54 Å². The predicted molar refractivity (Wildman–Crippen MR) is 139 cm³/mol. The first-order valence-corrected chi connectivity index (χ1v) is 12.9. The summed E-state index contributed by atoms with van der Waals surface area (Å²) in [5, 5.41) is 11.5. The van der Waals surface area contributed by atoms with Crippen LogP contribution in [0.15, 0.2) is 57.0 Å². The third-order valence-corrected chi connectivity index (χ3v) is 7.17. The SMILES string of the molecule is C=CN=C(C#N)CN(CC1CC1)c1cccc(C(=O)Nc2c(Br)cc(C(F)(C(F)(F)F)C(F)(F)F)cc2Br)c1F. The molecule has 0 spiro atoms. The molecule has 2 aromatic carbocycles. The molecule has 0 saturated heterocycles. The van der Waals surface area contributed by atoms with Crippen molar-refractivity contribution in [3.05, 3.63) is 69.0 Å². The van der Waals surface area contributed by atoms with Gasteiger partial charge in [0.25, 0.3) is 5.91 Å². The minimum Gasteiger partial charge on any atom is -0.362 e. The van der Waals surface area contributed by atoms with Crippen molar-refractivity contribution in [3.8, 4) is 6.07 Å². The number of hydrogen-bond acceptors (Lipinski definition) is 4. The van der Waals surface area contributed by atoms with E-state index < -0.39 is 49.8 Å². The van der Waals surface area contributed by atoms with E-state index in [9.17, 15) is 40.8 Å². The zero-order valence-corrected chi connectivity index (χ0v) is 23.3. The van der Waals surface area contributed by atoms with Crippen molar-refractivity contribution in [2.24, 2.45) is 10.9 Å². The molecule has 0 heterocycles. The summed E-state index contributed by atoms with van der Waals surface area (Å²) in [5.74, 6) is -1.85. The number of halogens is 10. The van der Waals surface area contributed by atoms with Gasteiger partial charge in [0.2, 0.25) is 0 Å². The zero-order valence-electron chi connectivity index (χ0n) is 20.1. The van der Waals surface area contributed by atoms with E-state index in [2.05, 4.69) is 48.7 Å². The number of hydrogen-bond donors (Lipinski definition) is 1. The first kappa shape index (κ1) is 31.5. The number of anilines is 2. The monoisotopic (exact) mass is 700 g/mol. The fraction of sp³-hybridized carbons (Fsp3) is 0.320. The summed E-state index contributed by atoms with van der Waals surface area (Å²) in [6.07, 6.45) is -9.75. The highest BCUT2D eigenvalue weighted by atomic mass is 79.9. The van der Waals surface area contributed by atoms with Crippen LogP contribution in [-0.2, 0) is 5.67 Å². The zero-order chi connectivity index (χ0) is 30.0. The molecule has 1 aliphatic rings. The Balaban J connectivity index is 1.97. The highest BCUT2D eigenvalue weighted by Crippen LogP contribution is 2.54. The second kappa shape index (κ2) is 11.9. The fourth-order valence-electron chi connectivity index (χ4n) is 3.76. The van der Waals surface area contributed by atoms with Crippen LogP contribution in [0.1, 0.15) is 28.8 Å². The van der Waals surface area contributed by atoms with Gasteiger partial charge in [0.05, 0.1) is 23.5 Å². The number of carbonyl (C=O) groups excluding carboxylic acids is 1. The number of nitrogens with one attached hydrogen (secondary N) is 1. The van der Waals surface area contributed by atoms with E-state index in [1.807, 2.05) is 6.07 Å². The Morgan fingerprint density at radius 2 is 1.70 bits per heavy atom. The van der Waals surface area contributed by atoms with Crippen molar-refractivity contribution >= 4 is 54.9 Å². The summed E-state index contributed by atoms with van der Waals surface area (Å²) in [7, 11) is 0. The molecule has 1 aliphatic carbocycles. The highest BCUT2D eigenvalue weighted by molar-refractivity contribution is 9.11. The maximum atomic E-state index is 15.6. The standard InChI is InChI=1S/C25H18Br2F8N4O/c1-2-37-15(10-36)12-39(11-13-6-7-13)19-5-3-4-16(20(19)28)22(40)38-21-17(26)8-14(9-18(21)27)23(29,24(30,31)32)25(33,34)35/h2-5,8-9,13H,1,6-7,11-12H2,(H,38,40). The van der Waals surface area contributed by atoms with Gasteiger partial charge in [-0.2, -0.15) is 31.6 Å². The molecule has 1 amide bonds. The van der Waals surface area contributed by atoms with Gasteiger partial charge in [-0.1, -0.05) is 12.6 Å². The third-order valence-electron chi connectivity index (χ3n) is 5.92. The van der Waals surface area contributed by atoms with Gasteiger partial charge in [-0.05, 0) is 74.9 Å². The number of amides is 1. The van der Waals surface area contributed by atoms with Crippen LogP contribution in [-0.4, -0.2) is 37.1 Å². The molecule has 15 heteroatoms. The molecular formula is C25H18Br2F8N4O. The minimum absolute atomic E-state index is 0.0300. The lowest BCUT2D eigenvalue weighted by Gasteiger charge is -2.31. The largest absolute Gasteiger partial charge is 0.435 e. The number of carbonyl (C=O) groups is 1. The predicted octanol–water partition coefficient (Wildman–Crippen LogP) is 8.22.